The highest BCUT2D eigenvalue weighted by atomic mass is 19.4. The van der Waals surface area contributed by atoms with Crippen LogP contribution in [0.5, 0.6) is 11.5 Å². The summed E-state index contributed by atoms with van der Waals surface area (Å²) in [6, 6.07) is -0.312. The Hall–Kier alpha value is -1.68. The predicted molar refractivity (Wildman–Crippen MR) is 53.8 cm³/mol. The lowest BCUT2D eigenvalue weighted by Gasteiger charge is -2.22. The molecule has 0 amide bonds. The highest BCUT2D eigenvalue weighted by molar-refractivity contribution is 5.41. The number of alkyl halides is 6. The molecule has 0 unspecified atom stereocenters. The van der Waals surface area contributed by atoms with Crippen molar-refractivity contribution < 1.29 is 41.3 Å². The third-order valence-corrected chi connectivity index (χ3v) is 2.27. The van der Waals surface area contributed by atoms with E-state index in [0.29, 0.717) is 18.2 Å². The second kappa shape index (κ2) is 5.37. The van der Waals surface area contributed by atoms with E-state index in [1.54, 1.807) is 0 Å². The van der Waals surface area contributed by atoms with Gasteiger partial charge in [-0.1, -0.05) is 0 Å². The molecule has 0 bridgehead atoms. The molecule has 4 nitrogen and oxygen atoms in total. The molecule has 2 atom stereocenters. The molecule has 0 spiro atoms. The zero-order valence-electron chi connectivity index (χ0n) is 9.53. The largest absolute Gasteiger partial charge is 0.573 e. The van der Waals surface area contributed by atoms with Gasteiger partial charge >= 0.3 is 12.5 Å². The summed E-state index contributed by atoms with van der Waals surface area (Å²) in [4.78, 5) is 0. The summed E-state index contributed by atoms with van der Waals surface area (Å²) < 4.78 is 76.2. The first-order valence-corrected chi connectivity index (χ1v) is 5.01. The van der Waals surface area contributed by atoms with E-state index in [1.165, 1.54) is 0 Å². The fourth-order valence-electron chi connectivity index (χ4n) is 1.37. The van der Waals surface area contributed by atoms with Crippen LogP contribution in [0.2, 0.25) is 0 Å². The monoisotopic (exact) mass is 305 g/mol. The van der Waals surface area contributed by atoms with E-state index in [9.17, 15) is 31.4 Å². The Morgan fingerprint density at radius 3 is 2.10 bits per heavy atom. The molecule has 10 heteroatoms. The number of nitrogens with two attached hydrogens (primary N) is 1. The number of halogens is 6. The lowest BCUT2D eigenvalue weighted by atomic mass is 10.0. The van der Waals surface area contributed by atoms with Gasteiger partial charge in [-0.05, 0) is 18.2 Å². The number of ether oxygens (including phenoxy) is 1. The summed E-state index contributed by atoms with van der Waals surface area (Å²) in [6.07, 6.45) is -13.2. The van der Waals surface area contributed by atoms with Crippen LogP contribution in [0.4, 0.5) is 26.3 Å². The Bertz CT molecular complexity index is 473. The smallest absolute Gasteiger partial charge is 0.508 e. The number of phenolic OH excluding ortho intramolecular Hbond substituents is 1. The van der Waals surface area contributed by atoms with Crippen LogP contribution in [0, 0.1) is 0 Å². The quantitative estimate of drug-likeness (QED) is 0.748. The number of phenols is 1. The fourth-order valence-corrected chi connectivity index (χ4v) is 1.37. The maximum Gasteiger partial charge on any atom is 0.573 e. The van der Waals surface area contributed by atoms with Crippen molar-refractivity contribution in [2.75, 3.05) is 0 Å². The van der Waals surface area contributed by atoms with E-state index in [1.807, 2.05) is 0 Å². The van der Waals surface area contributed by atoms with E-state index in [0.717, 1.165) is 0 Å². The summed E-state index contributed by atoms with van der Waals surface area (Å²) in [5.41, 5.74) is 4.37. The van der Waals surface area contributed by atoms with Crippen molar-refractivity contribution in [1.82, 2.24) is 0 Å². The molecular weight excluding hydrogens is 296 g/mol. The molecule has 0 saturated heterocycles. The lowest BCUT2D eigenvalue weighted by Crippen LogP contribution is -2.38. The van der Waals surface area contributed by atoms with E-state index < -0.39 is 41.7 Å². The molecule has 0 radical (unpaired) electrons. The summed E-state index contributed by atoms with van der Waals surface area (Å²) >= 11 is 0. The van der Waals surface area contributed by atoms with Crippen LogP contribution in [0.1, 0.15) is 11.6 Å². The second-order valence-electron chi connectivity index (χ2n) is 3.78. The highest BCUT2D eigenvalue weighted by Crippen LogP contribution is 2.35. The van der Waals surface area contributed by atoms with Gasteiger partial charge in [0, 0.05) is 5.56 Å². The molecule has 20 heavy (non-hydrogen) atoms. The highest BCUT2D eigenvalue weighted by Gasteiger charge is 2.43. The Morgan fingerprint density at radius 1 is 1.10 bits per heavy atom. The van der Waals surface area contributed by atoms with Gasteiger partial charge in [-0.15, -0.1) is 13.2 Å². The molecular formula is C10H9F6NO3. The first kappa shape index (κ1) is 16.4. The molecule has 0 aliphatic heterocycles. The van der Waals surface area contributed by atoms with Gasteiger partial charge in [-0.25, -0.2) is 0 Å². The zero-order valence-corrected chi connectivity index (χ0v) is 9.53. The minimum Gasteiger partial charge on any atom is -0.508 e. The van der Waals surface area contributed by atoms with Crippen molar-refractivity contribution in [2.24, 2.45) is 5.73 Å². The number of hydrogen-bond acceptors (Lipinski definition) is 4. The number of aromatic hydroxyl groups is 1. The molecule has 0 aromatic heterocycles. The van der Waals surface area contributed by atoms with Gasteiger partial charge in [-0.2, -0.15) is 13.2 Å². The SMILES string of the molecule is N[C@H](c1cc(OC(F)(F)F)ccc1O)[C@@H](O)C(F)(F)F. The number of hydrogen-bond donors (Lipinski definition) is 3. The Labute approximate surface area is 108 Å². The van der Waals surface area contributed by atoms with Gasteiger partial charge in [0.15, 0.2) is 6.10 Å². The summed E-state index contributed by atoms with van der Waals surface area (Å²) in [5.74, 6) is -1.66. The molecule has 1 aromatic rings. The molecule has 0 aliphatic rings. The number of aliphatic hydroxyl groups is 1. The lowest BCUT2D eigenvalue weighted by molar-refractivity contribution is -0.274. The average Bonchev–Trinajstić information content (AvgIpc) is 2.26. The minimum absolute atomic E-state index is 0.475. The van der Waals surface area contributed by atoms with Gasteiger partial charge in [0.25, 0.3) is 0 Å². The third-order valence-electron chi connectivity index (χ3n) is 2.27. The minimum atomic E-state index is -5.09. The molecule has 4 N–H and O–H groups in total. The Balaban J connectivity index is 3.08. The molecule has 114 valence electrons. The predicted octanol–water partition coefficient (Wildman–Crippen LogP) is 2.21. The van der Waals surface area contributed by atoms with E-state index >= 15 is 0 Å². The van der Waals surface area contributed by atoms with Crippen molar-refractivity contribution in [1.29, 1.82) is 0 Å². The first-order valence-electron chi connectivity index (χ1n) is 5.01. The zero-order chi connectivity index (χ0) is 15.7. The van der Waals surface area contributed by atoms with E-state index in [-0.39, 0.29) is 0 Å². The van der Waals surface area contributed by atoms with Crippen LogP contribution in [0.15, 0.2) is 18.2 Å². The van der Waals surface area contributed by atoms with Crippen LogP contribution in [0.3, 0.4) is 0 Å². The van der Waals surface area contributed by atoms with Crippen LogP contribution in [0.25, 0.3) is 0 Å². The number of rotatable bonds is 3. The van der Waals surface area contributed by atoms with Crippen molar-refractivity contribution in [3.8, 4) is 11.5 Å². The van der Waals surface area contributed by atoms with E-state index in [4.69, 9.17) is 10.8 Å². The Kier molecular flexibility index (Phi) is 4.39. The molecule has 0 saturated carbocycles. The second-order valence-corrected chi connectivity index (χ2v) is 3.78. The maximum atomic E-state index is 12.3. The molecule has 1 rings (SSSR count). The van der Waals surface area contributed by atoms with Gasteiger partial charge in [0.2, 0.25) is 0 Å². The number of aliphatic hydroxyl groups excluding tert-OH is 1. The standard InChI is InChI=1S/C10H9F6NO3/c11-9(12,13)8(19)7(17)5-3-4(1-2-6(5)18)20-10(14,15)16/h1-3,7-8,18-19H,17H2/t7-,8-/m1/s1. The van der Waals surface area contributed by atoms with Gasteiger partial charge in [-0.3, -0.25) is 0 Å². The van der Waals surface area contributed by atoms with E-state index in [2.05, 4.69) is 4.74 Å². The van der Waals surface area contributed by atoms with Crippen molar-refractivity contribution in [2.45, 2.75) is 24.7 Å². The average molecular weight is 305 g/mol. The fraction of sp³-hybridized carbons (Fsp3) is 0.400. The van der Waals surface area contributed by atoms with Gasteiger partial charge in [0.1, 0.15) is 11.5 Å². The topological polar surface area (TPSA) is 75.7 Å². The van der Waals surface area contributed by atoms with Crippen molar-refractivity contribution in [3.05, 3.63) is 23.8 Å². The normalized spacial score (nSPS) is 15.8. The van der Waals surface area contributed by atoms with Crippen LogP contribution >= 0.6 is 0 Å². The van der Waals surface area contributed by atoms with Gasteiger partial charge < -0.3 is 20.7 Å². The maximum absolute atomic E-state index is 12.3. The van der Waals surface area contributed by atoms with Crippen LogP contribution in [-0.4, -0.2) is 28.9 Å². The molecule has 0 fully saturated rings. The first-order chi connectivity index (χ1) is 8.92. The van der Waals surface area contributed by atoms with Crippen molar-refractivity contribution in [3.63, 3.8) is 0 Å². The summed E-state index contributed by atoms with van der Waals surface area (Å²) in [5, 5.41) is 18.3. The van der Waals surface area contributed by atoms with Gasteiger partial charge in [0.05, 0.1) is 6.04 Å². The third kappa shape index (κ3) is 4.17. The van der Waals surface area contributed by atoms with Crippen molar-refractivity contribution >= 4 is 0 Å². The molecule has 1 aromatic carbocycles. The molecule has 0 aliphatic carbocycles. The Morgan fingerprint density at radius 2 is 1.65 bits per heavy atom. The summed E-state index contributed by atoms with van der Waals surface area (Å²) in [6.45, 7) is 0. The van der Waals surface area contributed by atoms with Crippen LogP contribution < -0.4 is 10.5 Å². The summed E-state index contributed by atoms with van der Waals surface area (Å²) in [7, 11) is 0. The number of benzene rings is 1. The molecule has 0 heterocycles. The van der Waals surface area contributed by atoms with Crippen LogP contribution in [-0.2, 0) is 0 Å².